The molecule has 2 aromatic carbocycles. The van der Waals surface area contributed by atoms with E-state index in [1.54, 1.807) is 36.4 Å². The van der Waals surface area contributed by atoms with Crippen LogP contribution in [-0.2, 0) is 0 Å². The summed E-state index contributed by atoms with van der Waals surface area (Å²) in [7, 11) is 2.99. The van der Waals surface area contributed by atoms with Crippen LogP contribution in [-0.4, -0.2) is 37.8 Å². The molecule has 0 fully saturated rings. The molecule has 0 aliphatic rings. The number of hydrazine groups is 1. The van der Waals surface area contributed by atoms with Crippen molar-refractivity contribution in [1.29, 1.82) is 0 Å². The molecule has 0 radical (unpaired) electrons. The fourth-order valence-corrected chi connectivity index (χ4v) is 3.11. The molecule has 0 bridgehead atoms. The third kappa shape index (κ3) is 8.61. The molecule has 9 heteroatoms. The first-order valence-electron chi connectivity index (χ1n) is 10.8. The summed E-state index contributed by atoms with van der Waals surface area (Å²) in [5.74, 6) is 0.783. The highest BCUT2D eigenvalue weighted by Crippen LogP contribution is 2.27. The van der Waals surface area contributed by atoms with E-state index in [1.165, 1.54) is 39.5 Å². The topological polar surface area (TPSA) is 97.9 Å². The standard InChI is InChI=1S/C24H31N3O5S/c1-4-5-6-7-8-15-32-19-12-9-17(10-13-19)22(28)25-24(33)27-26-23(29)18-11-14-20(30-2)21(16-18)31-3/h9-14,16H,4-8,15H2,1-3H3,(H,26,29)(H2,25,27,28,33). The number of methoxy groups -OCH3 is 2. The van der Waals surface area contributed by atoms with Crippen LogP contribution >= 0.6 is 12.2 Å². The monoisotopic (exact) mass is 473 g/mol. The molecule has 0 spiro atoms. The number of hydrogen-bond donors (Lipinski definition) is 3. The van der Waals surface area contributed by atoms with Gasteiger partial charge in [0.25, 0.3) is 11.8 Å². The molecule has 2 aromatic rings. The van der Waals surface area contributed by atoms with E-state index >= 15 is 0 Å². The lowest BCUT2D eigenvalue weighted by molar-refractivity contribution is 0.0934. The van der Waals surface area contributed by atoms with Gasteiger partial charge in [-0.05, 0) is 61.1 Å². The van der Waals surface area contributed by atoms with Crippen LogP contribution in [0.2, 0.25) is 0 Å². The van der Waals surface area contributed by atoms with Gasteiger partial charge in [0, 0.05) is 11.1 Å². The van der Waals surface area contributed by atoms with Gasteiger partial charge in [0.1, 0.15) is 5.75 Å². The third-order valence-electron chi connectivity index (χ3n) is 4.80. The smallest absolute Gasteiger partial charge is 0.269 e. The minimum absolute atomic E-state index is 0.0405. The average molecular weight is 474 g/mol. The molecule has 0 atom stereocenters. The molecule has 2 amide bonds. The van der Waals surface area contributed by atoms with E-state index in [2.05, 4.69) is 23.1 Å². The van der Waals surface area contributed by atoms with E-state index in [0.717, 1.165) is 12.8 Å². The first-order valence-corrected chi connectivity index (χ1v) is 11.3. The van der Waals surface area contributed by atoms with Gasteiger partial charge in [0.05, 0.1) is 20.8 Å². The fraction of sp³-hybridized carbons (Fsp3) is 0.375. The molecule has 0 saturated carbocycles. The zero-order valence-corrected chi connectivity index (χ0v) is 20.1. The summed E-state index contributed by atoms with van der Waals surface area (Å²) in [6, 6.07) is 11.5. The van der Waals surface area contributed by atoms with Crippen LogP contribution in [0.1, 0.15) is 59.7 Å². The van der Waals surface area contributed by atoms with E-state index < -0.39 is 11.8 Å². The highest BCUT2D eigenvalue weighted by atomic mass is 32.1. The predicted molar refractivity (Wildman–Crippen MR) is 131 cm³/mol. The van der Waals surface area contributed by atoms with Gasteiger partial charge in [-0.25, -0.2) is 0 Å². The molecule has 0 saturated heterocycles. The Morgan fingerprint density at radius 3 is 2.15 bits per heavy atom. The Kier molecular flexibility index (Phi) is 11.0. The van der Waals surface area contributed by atoms with Crippen molar-refractivity contribution in [3.05, 3.63) is 53.6 Å². The van der Waals surface area contributed by atoms with E-state index in [9.17, 15) is 9.59 Å². The number of carbonyl (C=O) groups is 2. The average Bonchev–Trinajstić information content (AvgIpc) is 2.84. The third-order valence-corrected chi connectivity index (χ3v) is 5.00. The van der Waals surface area contributed by atoms with Crippen LogP contribution in [0.15, 0.2) is 42.5 Å². The molecule has 0 unspecified atom stereocenters. The number of unbranched alkanes of at least 4 members (excludes halogenated alkanes) is 4. The summed E-state index contributed by atoms with van der Waals surface area (Å²) in [6.07, 6.45) is 5.86. The van der Waals surface area contributed by atoms with Crippen molar-refractivity contribution in [2.24, 2.45) is 0 Å². The maximum Gasteiger partial charge on any atom is 0.269 e. The van der Waals surface area contributed by atoms with Crippen molar-refractivity contribution in [2.45, 2.75) is 39.0 Å². The second kappa shape index (κ2) is 13.9. The van der Waals surface area contributed by atoms with Crippen LogP contribution in [0, 0.1) is 0 Å². The van der Waals surface area contributed by atoms with Gasteiger partial charge in [-0.1, -0.05) is 32.6 Å². The van der Waals surface area contributed by atoms with Crippen LogP contribution in [0.3, 0.4) is 0 Å². The summed E-state index contributed by atoms with van der Waals surface area (Å²) in [6.45, 7) is 2.84. The van der Waals surface area contributed by atoms with Crippen molar-refractivity contribution >= 4 is 29.1 Å². The lowest BCUT2D eigenvalue weighted by atomic mass is 10.2. The SMILES string of the molecule is CCCCCCCOc1ccc(C(=O)NC(=S)NNC(=O)c2ccc(OC)c(OC)c2)cc1. The van der Waals surface area contributed by atoms with Gasteiger partial charge in [0.15, 0.2) is 16.6 Å². The molecule has 0 aromatic heterocycles. The second-order valence-electron chi connectivity index (χ2n) is 7.22. The van der Waals surface area contributed by atoms with E-state index in [1.807, 2.05) is 0 Å². The Labute approximate surface area is 200 Å². The van der Waals surface area contributed by atoms with E-state index in [0.29, 0.717) is 35.0 Å². The normalized spacial score (nSPS) is 10.2. The molecule has 8 nitrogen and oxygen atoms in total. The Bertz CT molecular complexity index is 934. The van der Waals surface area contributed by atoms with Crippen molar-refractivity contribution in [2.75, 3.05) is 20.8 Å². The fourth-order valence-electron chi connectivity index (χ4n) is 2.97. The number of nitrogens with one attached hydrogen (secondary N) is 3. The highest BCUT2D eigenvalue weighted by Gasteiger charge is 2.12. The molecule has 178 valence electrons. The Morgan fingerprint density at radius 1 is 0.818 bits per heavy atom. The summed E-state index contributed by atoms with van der Waals surface area (Å²) in [4.78, 5) is 24.7. The van der Waals surface area contributed by atoms with Crippen molar-refractivity contribution in [3.8, 4) is 17.2 Å². The Hall–Kier alpha value is -3.33. The van der Waals surface area contributed by atoms with E-state index in [4.69, 9.17) is 26.4 Å². The summed E-state index contributed by atoms with van der Waals surface area (Å²) >= 11 is 5.09. The molecule has 33 heavy (non-hydrogen) atoms. The molecule has 3 N–H and O–H groups in total. The molecular formula is C24H31N3O5S. The number of benzene rings is 2. The van der Waals surface area contributed by atoms with Gasteiger partial charge in [-0.15, -0.1) is 0 Å². The summed E-state index contributed by atoms with van der Waals surface area (Å²) in [5.41, 5.74) is 5.69. The van der Waals surface area contributed by atoms with Crippen LogP contribution in [0.25, 0.3) is 0 Å². The Morgan fingerprint density at radius 2 is 1.48 bits per heavy atom. The lowest BCUT2D eigenvalue weighted by Crippen LogP contribution is -2.48. The zero-order valence-electron chi connectivity index (χ0n) is 19.2. The van der Waals surface area contributed by atoms with E-state index in [-0.39, 0.29) is 5.11 Å². The number of ether oxygens (including phenoxy) is 3. The maximum absolute atomic E-state index is 12.4. The predicted octanol–water partition coefficient (Wildman–Crippen LogP) is 4.00. The number of carbonyl (C=O) groups excluding carboxylic acids is 2. The minimum atomic E-state index is -0.455. The Balaban J connectivity index is 1.77. The number of amides is 2. The first-order chi connectivity index (χ1) is 16.0. The van der Waals surface area contributed by atoms with Crippen molar-refractivity contribution in [3.63, 3.8) is 0 Å². The number of thiocarbonyl (C=S) groups is 1. The molecule has 0 aliphatic heterocycles. The van der Waals surface area contributed by atoms with Gasteiger partial charge < -0.3 is 14.2 Å². The maximum atomic E-state index is 12.4. The molecule has 2 rings (SSSR count). The van der Waals surface area contributed by atoms with Crippen molar-refractivity contribution in [1.82, 2.24) is 16.2 Å². The van der Waals surface area contributed by atoms with Crippen LogP contribution in [0.5, 0.6) is 17.2 Å². The van der Waals surface area contributed by atoms with Gasteiger partial charge in [-0.2, -0.15) is 0 Å². The number of rotatable bonds is 11. The quantitative estimate of drug-likeness (QED) is 0.258. The van der Waals surface area contributed by atoms with Gasteiger partial charge in [0.2, 0.25) is 0 Å². The minimum Gasteiger partial charge on any atom is -0.494 e. The van der Waals surface area contributed by atoms with Crippen LogP contribution < -0.4 is 30.4 Å². The molecule has 0 aliphatic carbocycles. The van der Waals surface area contributed by atoms with Crippen molar-refractivity contribution < 1.29 is 23.8 Å². The first kappa shape index (κ1) is 25.9. The van der Waals surface area contributed by atoms with Gasteiger partial charge in [-0.3, -0.25) is 25.8 Å². The summed E-state index contributed by atoms with van der Waals surface area (Å²) in [5, 5.41) is 2.48. The van der Waals surface area contributed by atoms with Crippen LogP contribution in [0.4, 0.5) is 0 Å². The second-order valence-corrected chi connectivity index (χ2v) is 7.63. The molecule has 0 heterocycles. The number of hydrogen-bond acceptors (Lipinski definition) is 6. The largest absolute Gasteiger partial charge is 0.494 e. The van der Waals surface area contributed by atoms with Gasteiger partial charge >= 0.3 is 0 Å². The highest BCUT2D eigenvalue weighted by molar-refractivity contribution is 7.80. The molecular weight excluding hydrogens is 442 g/mol. The summed E-state index contributed by atoms with van der Waals surface area (Å²) < 4.78 is 16.0. The zero-order chi connectivity index (χ0) is 24.1. The lowest BCUT2D eigenvalue weighted by Gasteiger charge is -2.12.